The molecule has 0 spiro atoms. The maximum atomic E-state index is 11.7. The summed E-state index contributed by atoms with van der Waals surface area (Å²) in [6.07, 6.45) is 1.38. The molecule has 14 heavy (non-hydrogen) atoms. The third kappa shape index (κ3) is 1.65. The number of H-pyrrole nitrogens is 1. The van der Waals surface area contributed by atoms with Gasteiger partial charge in [0.2, 0.25) is 5.78 Å². The van der Waals surface area contributed by atoms with Gasteiger partial charge in [0.1, 0.15) is 0 Å². The number of hydrogen-bond donors (Lipinski definition) is 1. The molecule has 0 fully saturated rings. The van der Waals surface area contributed by atoms with E-state index in [0.717, 1.165) is 0 Å². The van der Waals surface area contributed by atoms with Crippen molar-refractivity contribution in [3.63, 3.8) is 0 Å². The molecule has 4 nitrogen and oxygen atoms in total. The number of benzene rings is 1. The number of nitrogens with one attached hydrogen (secondary N) is 1. The molecule has 1 heterocycles. The van der Waals surface area contributed by atoms with Gasteiger partial charge in [0, 0.05) is 10.6 Å². The lowest BCUT2D eigenvalue weighted by Crippen LogP contribution is -2.01. The van der Waals surface area contributed by atoms with E-state index < -0.39 is 0 Å². The normalized spacial score (nSPS) is 10.1. The van der Waals surface area contributed by atoms with Crippen LogP contribution in [0.4, 0.5) is 0 Å². The number of carbonyl (C=O) groups excluding carboxylic acids is 1. The number of aromatic amines is 1. The van der Waals surface area contributed by atoms with Crippen LogP contribution in [0.15, 0.2) is 30.5 Å². The second-order valence-electron chi connectivity index (χ2n) is 2.69. The van der Waals surface area contributed by atoms with Crippen LogP contribution in [0.3, 0.4) is 0 Å². The van der Waals surface area contributed by atoms with Crippen molar-refractivity contribution in [3.8, 4) is 0 Å². The van der Waals surface area contributed by atoms with Gasteiger partial charge < -0.3 is 0 Å². The predicted octanol–water partition coefficient (Wildman–Crippen LogP) is 1.69. The van der Waals surface area contributed by atoms with Gasteiger partial charge in [-0.15, -0.1) is 0 Å². The summed E-state index contributed by atoms with van der Waals surface area (Å²) in [5.41, 5.74) is 0.790. The number of hydrogen-bond acceptors (Lipinski definition) is 3. The standard InChI is InChI=1S/C9H6ClN3O/c10-7-3-1-2-6(4-7)9(14)8-5-11-13-12-8/h1-5H,(H,11,12,13). The van der Waals surface area contributed by atoms with E-state index in [1.807, 2.05) is 0 Å². The summed E-state index contributed by atoms with van der Waals surface area (Å²) in [6.45, 7) is 0. The molecular formula is C9H6ClN3O. The monoisotopic (exact) mass is 207 g/mol. The Morgan fingerprint density at radius 3 is 2.93 bits per heavy atom. The zero-order chi connectivity index (χ0) is 9.97. The maximum Gasteiger partial charge on any atom is 0.214 e. The molecule has 0 unspecified atom stereocenters. The minimum atomic E-state index is -0.193. The SMILES string of the molecule is O=C(c1cccc(Cl)c1)c1cn[nH]n1. The Morgan fingerprint density at radius 1 is 1.43 bits per heavy atom. The highest BCUT2D eigenvalue weighted by Crippen LogP contribution is 2.13. The molecule has 2 aromatic rings. The van der Waals surface area contributed by atoms with E-state index in [1.54, 1.807) is 24.3 Å². The summed E-state index contributed by atoms with van der Waals surface area (Å²) in [6, 6.07) is 6.71. The maximum absolute atomic E-state index is 11.7. The van der Waals surface area contributed by atoms with Crippen molar-refractivity contribution in [1.29, 1.82) is 0 Å². The van der Waals surface area contributed by atoms with Gasteiger partial charge in [-0.05, 0) is 12.1 Å². The second kappa shape index (κ2) is 3.59. The Balaban J connectivity index is 2.37. The van der Waals surface area contributed by atoms with Gasteiger partial charge in [-0.25, -0.2) is 0 Å². The van der Waals surface area contributed by atoms with Crippen LogP contribution in [0.25, 0.3) is 0 Å². The van der Waals surface area contributed by atoms with Crippen molar-refractivity contribution in [3.05, 3.63) is 46.7 Å². The molecule has 0 saturated carbocycles. The van der Waals surface area contributed by atoms with Crippen molar-refractivity contribution in [2.75, 3.05) is 0 Å². The molecule has 0 atom stereocenters. The topological polar surface area (TPSA) is 58.6 Å². The molecule has 1 N–H and O–H groups in total. The molecule has 0 radical (unpaired) electrons. The number of ketones is 1. The fourth-order valence-corrected chi connectivity index (χ4v) is 1.28. The Bertz CT molecular complexity index is 453. The molecule has 2 rings (SSSR count). The molecular weight excluding hydrogens is 202 g/mol. The van der Waals surface area contributed by atoms with E-state index in [0.29, 0.717) is 10.6 Å². The number of rotatable bonds is 2. The highest BCUT2D eigenvalue weighted by Gasteiger charge is 2.11. The van der Waals surface area contributed by atoms with Gasteiger partial charge in [0.25, 0.3) is 0 Å². The van der Waals surface area contributed by atoms with Gasteiger partial charge in [0.05, 0.1) is 6.20 Å². The summed E-state index contributed by atoms with van der Waals surface area (Å²) in [5, 5.41) is 10.2. The fourth-order valence-electron chi connectivity index (χ4n) is 1.09. The third-order valence-electron chi connectivity index (χ3n) is 1.73. The fraction of sp³-hybridized carbons (Fsp3) is 0. The highest BCUT2D eigenvalue weighted by atomic mass is 35.5. The van der Waals surface area contributed by atoms with Crippen LogP contribution in [0.5, 0.6) is 0 Å². The summed E-state index contributed by atoms with van der Waals surface area (Å²) < 4.78 is 0. The van der Waals surface area contributed by atoms with E-state index in [-0.39, 0.29) is 11.5 Å². The van der Waals surface area contributed by atoms with Crippen LogP contribution in [0.1, 0.15) is 16.1 Å². The largest absolute Gasteiger partial charge is 0.287 e. The van der Waals surface area contributed by atoms with E-state index in [2.05, 4.69) is 15.4 Å². The van der Waals surface area contributed by atoms with Crippen LogP contribution in [0.2, 0.25) is 5.02 Å². The van der Waals surface area contributed by atoms with Crippen molar-refractivity contribution >= 4 is 17.4 Å². The molecule has 0 bridgehead atoms. The summed E-state index contributed by atoms with van der Waals surface area (Å²) >= 11 is 5.75. The predicted molar refractivity (Wildman–Crippen MR) is 51.3 cm³/mol. The van der Waals surface area contributed by atoms with E-state index in [9.17, 15) is 4.79 Å². The van der Waals surface area contributed by atoms with Crippen molar-refractivity contribution in [1.82, 2.24) is 15.4 Å². The average Bonchev–Trinajstić information content (AvgIpc) is 2.69. The second-order valence-corrected chi connectivity index (χ2v) is 3.13. The van der Waals surface area contributed by atoms with Crippen LogP contribution < -0.4 is 0 Å². The molecule has 0 amide bonds. The molecule has 5 heteroatoms. The smallest absolute Gasteiger partial charge is 0.214 e. The van der Waals surface area contributed by atoms with Crippen LogP contribution in [-0.2, 0) is 0 Å². The first-order valence-corrected chi connectivity index (χ1v) is 4.31. The number of aromatic nitrogens is 3. The lowest BCUT2D eigenvalue weighted by Gasteiger charge is -1.96. The quantitative estimate of drug-likeness (QED) is 0.763. The Hall–Kier alpha value is -1.68. The van der Waals surface area contributed by atoms with Gasteiger partial charge >= 0.3 is 0 Å². The summed E-state index contributed by atoms with van der Waals surface area (Å²) in [4.78, 5) is 11.7. The van der Waals surface area contributed by atoms with Gasteiger partial charge in [-0.3, -0.25) is 4.79 Å². The van der Waals surface area contributed by atoms with Gasteiger partial charge in [-0.1, -0.05) is 23.7 Å². The van der Waals surface area contributed by atoms with Crippen molar-refractivity contribution in [2.45, 2.75) is 0 Å². The minimum Gasteiger partial charge on any atom is -0.287 e. The first kappa shape index (κ1) is 8.90. The van der Waals surface area contributed by atoms with Gasteiger partial charge in [0.15, 0.2) is 5.69 Å². The zero-order valence-electron chi connectivity index (χ0n) is 7.07. The van der Waals surface area contributed by atoms with Crippen molar-refractivity contribution in [2.24, 2.45) is 0 Å². The Kier molecular flexibility index (Phi) is 2.28. The molecule has 1 aromatic heterocycles. The van der Waals surface area contributed by atoms with E-state index in [4.69, 9.17) is 11.6 Å². The number of halogens is 1. The zero-order valence-corrected chi connectivity index (χ0v) is 7.82. The lowest BCUT2D eigenvalue weighted by molar-refractivity contribution is 0.103. The molecule has 0 aliphatic carbocycles. The van der Waals surface area contributed by atoms with Crippen molar-refractivity contribution < 1.29 is 4.79 Å². The molecule has 0 aliphatic heterocycles. The number of nitrogens with zero attached hydrogens (tertiary/aromatic N) is 2. The summed E-state index contributed by atoms with van der Waals surface area (Å²) in [7, 11) is 0. The first-order valence-electron chi connectivity index (χ1n) is 3.93. The van der Waals surface area contributed by atoms with Gasteiger partial charge in [-0.2, -0.15) is 15.4 Å². The highest BCUT2D eigenvalue weighted by molar-refractivity contribution is 6.31. The lowest BCUT2D eigenvalue weighted by atomic mass is 10.1. The van der Waals surface area contributed by atoms with E-state index in [1.165, 1.54) is 6.20 Å². The number of carbonyl (C=O) groups is 1. The third-order valence-corrected chi connectivity index (χ3v) is 1.97. The van der Waals surface area contributed by atoms with Crippen LogP contribution in [-0.4, -0.2) is 21.2 Å². The first-order chi connectivity index (χ1) is 6.77. The summed E-state index contributed by atoms with van der Waals surface area (Å²) in [5.74, 6) is -0.193. The van der Waals surface area contributed by atoms with E-state index >= 15 is 0 Å². The Labute approximate surface area is 84.9 Å². The molecule has 70 valence electrons. The average molecular weight is 208 g/mol. The van der Waals surface area contributed by atoms with Crippen LogP contribution >= 0.6 is 11.6 Å². The molecule has 0 aliphatic rings. The molecule has 1 aromatic carbocycles. The Morgan fingerprint density at radius 2 is 2.29 bits per heavy atom. The molecule has 0 saturated heterocycles. The van der Waals surface area contributed by atoms with Crippen LogP contribution in [0, 0.1) is 0 Å². The minimum absolute atomic E-state index is 0.193.